The Labute approximate surface area is 155 Å². The van der Waals surface area contributed by atoms with Crippen molar-refractivity contribution >= 4 is 33.8 Å². The number of ether oxygens (including phenoxy) is 2. The van der Waals surface area contributed by atoms with Gasteiger partial charge in [-0.15, -0.1) is 0 Å². The first kappa shape index (κ1) is 17.8. The van der Waals surface area contributed by atoms with Gasteiger partial charge in [0.15, 0.2) is 5.13 Å². The van der Waals surface area contributed by atoms with Crippen LogP contribution in [0.25, 0.3) is 0 Å². The van der Waals surface area contributed by atoms with E-state index in [9.17, 15) is 4.79 Å². The molecule has 0 aliphatic carbocycles. The summed E-state index contributed by atoms with van der Waals surface area (Å²) in [6, 6.07) is 14.8. The van der Waals surface area contributed by atoms with E-state index in [0.717, 1.165) is 5.69 Å². The molecule has 0 fully saturated rings. The maximum Gasteiger partial charge on any atom is 0.267 e. The topological polar surface area (TPSA) is 72.5 Å². The van der Waals surface area contributed by atoms with E-state index in [1.54, 1.807) is 20.3 Å². The molecule has 0 atom stereocenters. The van der Waals surface area contributed by atoms with E-state index in [0.29, 0.717) is 32.9 Å². The lowest BCUT2D eigenvalue weighted by atomic mass is 10.3. The number of rotatable bonds is 6. The summed E-state index contributed by atoms with van der Waals surface area (Å²) in [6.07, 6.45) is 0. The van der Waals surface area contributed by atoms with E-state index in [2.05, 4.69) is 15.6 Å². The minimum absolute atomic E-state index is 0.207. The van der Waals surface area contributed by atoms with E-state index in [1.165, 1.54) is 11.3 Å². The molecule has 134 valence electrons. The second-order valence-electron chi connectivity index (χ2n) is 5.44. The van der Waals surface area contributed by atoms with Crippen molar-refractivity contribution in [2.45, 2.75) is 6.92 Å². The summed E-state index contributed by atoms with van der Waals surface area (Å²) >= 11 is 1.29. The molecule has 3 aromatic rings. The number of nitrogens with zero attached hydrogens (tertiary/aromatic N) is 1. The van der Waals surface area contributed by atoms with Crippen LogP contribution in [-0.4, -0.2) is 25.1 Å². The lowest BCUT2D eigenvalue weighted by Crippen LogP contribution is -2.11. The first-order valence-electron chi connectivity index (χ1n) is 7.93. The average Bonchev–Trinajstić information content (AvgIpc) is 3.02. The average molecular weight is 369 g/mol. The smallest absolute Gasteiger partial charge is 0.267 e. The fraction of sp³-hybridized carbons (Fsp3) is 0.158. The molecule has 26 heavy (non-hydrogen) atoms. The molecular weight excluding hydrogens is 350 g/mol. The Morgan fingerprint density at radius 2 is 1.88 bits per heavy atom. The molecule has 0 saturated carbocycles. The molecule has 1 aromatic heterocycles. The summed E-state index contributed by atoms with van der Waals surface area (Å²) in [5, 5.41) is 6.70. The second kappa shape index (κ2) is 7.88. The molecule has 0 saturated heterocycles. The largest absolute Gasteiger partial charge is 0.497 e. The number of thiazole rings is 1. The molecule has 7 heteroatoms. The number of carbonyl (C=O) groups is 1. The molecule has 2 N–H and O–H groups in total. The maximum atomic E-state index is 12.6. The monoisotopic (exact) mass is 369 g/mol. The van der Waals surface area contributed by atoms with Gasteiger partial charge < -0.3 is 20.1 Å². The van der Waals surface area contributed by atoms with E-state index < -0.39 is 0 Å². The molecule has 3 rings (SSSR count). The van der Waals surface area contributed by atoms with Gasteiger partial charge in [0.2, 0.25) is 0 Å². The molecule has 2 aromatic carbocycles. The second-order valence-corrected chi connectivity index (χ2v) is 6.44. The van der Waals surface area contributed by atoms with Crippen LogP contribution in [0, 0.1) is 6.92 Å². The minimum Gasteiger partial charge on any atom is -0.497 e. The molecule has 0 spiro atoms. The van der Waals surface area contributed by atoms with Gasteiger partial charge in [-0.05, 0) is 31.2 Å². The quantitative estimate of drug-likeness (QED) is 0.671. The number of aryl methyl sites for hydroxylation is 1. The number of hydrogen-bond donors (Lipinski definition) is 2. The van der Waals surface area contributed by atoms with Crippen molar-refractivity contribution in [1.29, 1.82) is 0 Å². The van der Waals surface area contributed by atoms with Gasteiger partial charge in [0.1, 0.15) is 16.4 Å². The zero-order valence-electron chi connectivity index (χ0n) is 14.7. The highest BCUT2D eigenvalue weighted by Gasteiger charge is 2.16. The van der Waals surface area contributed by atoms with Crippen LogP contribution in [0.4, 0.5) is 16.5 Å². The first-order chi connectivity index (χ1) is 12.6. The fourth-order valence-corrected chi connectivity index (χ4v) is 3.29. The molecule has 6 nitrogen and oxygen atoms in total. The van der Waals surface area contributed by atoms with Crippen molar-refractivity contribution in [3.63, 3.8) is 0 Å². The van der Waals surface area contributed by atoms with Crippen LogP contribution in [0.1, 0.15) is 15.4 Å². The van der Waals surface area contributed by atoms with Gasteiger partial charge in [-0.25, -0.2) is 4.98 Å². The van der Waals surface area contributed by atoms with Crippen molar-refractivity contribution < 1.29 is 14.3 Å². The highest BCUT2D eigenvalue weighted by atomic mass is 32.1. The molecule has 1 heterocycles. The Hall–Kier alpha value is -3.06. The van der Waals surface area contributed by atoms with Crippen LogP contribution < -0.4 is 20.1 Å². The molecule has 0 unspecified atom stereocenters. The lowest BCUT2D eigenvalue weighted by Gasteiger charge is -2.08. The third-order valence-corrected chi connectivity index (χ3v) is 4.75. The molecular formula is C19H19N3O3S. The van der Waals surface area contributed by atoms with Crippen LogP contribution in [0.15, 0.2) is 48.5 Å². The van der Waals surface area contributed by atoms with Gasteiger partial charge in [0, 0.05) is 11.8 Å². The number of carbonyl (C=O) groups excluding carboxylic acids is 1. The van der Waals surface area contributed by atoms with Gasteiger partial charge in [-0.1, -0.05) is 29.5 Å². The van der Waals surface area contributed by atoms with Gasteiger partial charge >= 0.3 is 0 Å². The molecule has 1 amide bonds. The normalized spacial score (nSPS) is 10.3. The van der Waals surface area contributed by atoms with Crippen LogP contribution in [-0.2, 0) is 0 Å². The summed E-state index contributed by atoms with van der Waals surface area (Å²) in [6.45, 7) is 1.81. The minimum atomic E-state index is -0.207. The van der Waals surface area contributed by atoms with Crippen LogP contribution in [0.2, 0.25) is 0 Å². The number of methoxy groups -OCH3 is 2. The first-order valence-corrected chi connectivity index (χ1v) is 8.75. The zero-order chi connectivity index (χ0) is 18.5. The van der Waals surface area contributed by atoms with Crippen molar-refractivity contribution in [2.75, 3.05) is 24.9 Å². The highest BCUT2D eigenvalue weighted by molar-refractivity contribution is 7.17. The van der Waals surface area contributed by atoms with E-state index in [-0.39, 0.29) is 5.91 Å². The number of benzene rings is 2. The van der Waals surface area contributed by atoms with E-state index in [4.69, 9.17) is 9.47 Å². The number of nitrogens with one attached hydrogen (secondary N) is 2. The van der Waals surface area contributed by atoms with Crippen molar-refractivity contribution in [2.24, 2.45) is 0 Å². The van der Waals surface area contributed by atoms with Crippen molar-refractivity contribution in [3.05, 3.63) is 59.1 Å². The van der Waals surface area contributed by atoms with E-state index in [1.807, 2.05) is 49.4 Å². The summed E-state index contributed by atoms with van der Waals surface area (Å²) in [7, 11) is 3.20. The SMILES string of the molecule is COc1cccc(NC(=O)c2sc(Nc3ccccc3OC)nc2C)c1. The Kier molecular flexibility index (Phi) is 5.38. The zero-order valence-corrected chi connectivity index (χ0v) is 15.5. The lowest BCUT2D eigenvalue weighted by molar-refractivity contribution is 0.103. The summed E-state index contributed by atoms with van der Waals surface area (Å²) < 4.78 is 10.5. The number of aromatic nitrogens is 1. The fourth-order valence-electron chi connectivity index (χ4n) is 2.41. The standard InChI is InChI=1S/C19H19N3O3S/c1-12-17(18(23)21-13-7-6-8-14(11-13)24-2)26-19(20-12)22-15-9-4-5-10-16(15)25-3/h4-11H,1-3H3,(H,20,22)(H,21,23). The number of hydrogen-bond acceptors (Lipinski definition) is 6. The summed E-state index contributed by atoms with van der Waals surface area (Å²) in [5.41, 5.74) is 2.12. The van der Waals surface area contributed by atoms with Gasteiger partial charge in [-0.3, -0.25) is 4.79 Å². The molecule has 0 bridgehead atoms. The number of amides is 1. The van der Waals surface area contributed by atoms with Crippen LogP contribution in [0.5, 0.6) is 11.5 Å². The molecule has 0 aliphatic heterocycles. The Morgan fingerprint density at radius 3 is 2.65 bits per heavy atom. The predicted octanol–water partition coefficient (Wildman–Crippen LogP) is 4.46. The number of para-hydroxylation sites is 2. The molecule has 0 aliphatic rings. The summed E-state index contributed by atoms with van der Waals surface area (Å²) in [5.74, 6) is 1.19. The third-order valence-electron chi connectivity index (χ3n) is 3.68. The Bertz CT molecular complexity index is 924. The predicted molar refractivity (Wildman–Crippen MR) is 104 cm³/mol. The third kappa shape index (κ3) is 3.94. The van der Waals surface area contributed by atoms with Gasteiger partial charge in [-0.2, -0.15) is 0 Å². The van der Waals surface area contributed by atoms with Gasteiger partial charge in [0.25, 0.3) is 5.91 Å². The maximum absolute atomic E-state index is 12.6. The van der Waals surface area contributed by atoms with Gasteiger partial charge in [0.05, 0.1) is 25.6 Å². The van der Waals surface area contributed by atoms with E-state index >= 15 is 0 Å². The number of anilines is 3. The van der Waals surface area contributed by atoms with Crippen molar-refractivity contribution in [1.82, 2.24) is 4.98 Å². The van der Waals surface area contributed by atoms with Crippen LogP contribution in [0.3, 0.4) is 0 Å². The Balaban J connectivity index is 1.78. The molecule has 0 radical (unpaired) electrons. The Morgan fingerprint density at radius 1 is 1.08 bits per heavy atom. The highest BCUT2D eigenvalue weighted by Crippen LogP contribution is 2.31. The van der Waals surface area contributed by atoms with Crippen molar-refractivity contribution in [3.8, 4) is 11.5 Å². The van der Waals surface area contributed by atoms with Crippen LogP contribution >= 0.6 is 11.3 Å². The summed E-state index contributed by atoms with van der Waals surface area (Å²) in [4.78, 5) is 17.6.